The highest BCUT2D eigenvalue weighted by atomic mass is 79.9. The van der Waals surface area contributed by atoms with Crippen LogP contribution < -0.4 is 4.90 Å². The van der Waals surface area contributed by atoms with E-state index in [1.165, 1.54) is 6.33 Å². The maximum Gasteiger partial charge on any atom is 0.262 e. The standard InChI is InChI=1S/C24H25BrN6O2S/c1-29-15-24(28-17-29)34(32,33)31-12-19-10-20(25)7-8-23(19)30(13-21-11-26-16-27-21)14-22(31)9-18-5-3-2-4-6-18/h2-8,10-11,15-17,22H,9,12-14H2,1H3,(H,26,27)/t22-/m1/s1. The first kappa shape index (κ1) is 22.8. The molecule has 0 fully saturated rings. The van der Waals surface area contributed by atoms with Crippen LogP contribution in [0.25, 0.3) is 0 Å². The Bertz CT molecular complexity index is 1370. The topological polar surface area (TPSA) is 87.1 Å². The SMILES string of the molecule is Cn1cnc(S(=O)(=O)N2Cc3cc(Br)ccc3N(Cc3c[nH]cn3)C[C@H]2Cc2ccccc2)c1. The third-order valence-electron chi connectivity index (χ3n) is 6.02. The molecule has 0 spiro atoms. The van der Waals surface area contributed by atoms with Crippen molar-refractivity contribution < 1.29 is 8.42 Å². The second-order valence-electron chi connectivity index (χ2n) is 8.49. The van der Waals surface area contributed by atoms with E-state index in [9.17, 15) is 8.42 Å². The van der Waals surface area contributed by atoms with Crippen LogP contribution in [0.5, 0.6) is 0 Å². The average molecular weight is 541 g/mol. The highest BCUT2D eigenvalue weighted by Gasteiger charge is 2.37. The smallest absolute Gasteiger partial charge is 0.262 e. The van der Waals surface area contributed by atoms with Gasteiger partial charge in [0.05, 0.1) is 24.9 Å². The van der Waals surface area contributed by atoms with Crippen LogP contribution in [0.3, 0.4) is 0 Å². The Morgan fingerprint density at radius 2 is 1.97 bits per heavy atom. The minimum atomic E-state index is -3.84. The molecule has 1 N–H and O–H groups in total. The van der Waals surface area contributed by atoms with Crippen molar-refractivity contribution in [1.82, 2.24) is 23.8 Å². The van der Waals surface area contributed by atoms with Crippen LogP contribution in [0.2, 0.25) is 0 Å². The Morgan fingerprint density at radius 3 is 2.68 bits per heavy atom. The second-order valence-corrected chi connectivity index (χ2v) is 11.2. The van der Waals surface area contributed by atoms with E-state index >= 15 is 0 Å². The monoisotopic (exact) mass is 540 g/mol. The van der Waals surface area contributed by atoms with E-state index in [-0.39, 0.29) is 17.6 Å². The van der Waals surface area contributed by atoms with Gasteiger partial charge in [-0.2, -0.15) is 4.31 Å². The highest BCUT2D eigenvalue weighted by molar-refractivity contribution is 9.10. The predicted octanol–water partition coefficient (Wildman–Crippen LogP) is 3.73. The molecule has 10 heteroatoms. The number of rotatable bonds is 6. The molecule has 0 saturated carbocycles. The zero-order valence-corrected chi connectivity index (χ0v) is 21.1. The number of H-pyrrole nitrogens is 1. The number of aromatic nitrogens is 4. The first-order valence-corrected chi connectivity index (χ1v) is 13.2. The molecule has 0 saturated heterocycles. The minimum Gasteiger partial charge on any atom is -0.364 e. The van der Waals surface area contributed by atoms with Gasteiger partial charge in [-0.3, -0.25) is 0 Å². The number of nitrogens with zero attached hydrogens (tertiary/aromatic N) is 5. The predicted molar refractivity (Wildman–Crippen MR) is 134 cm³/mol. The van der Waals surface area contributed by atoms with Gasteiger partial charge in [0.25, 0.3) is 10.0 Å². The summed E-state index contributed by atoms with van der Waals surface area (Å²) in [6, 6.07) is 15.7. The molecule has 0 bridgehead atoms. The number of benzene rings is 2. The number of hydrogen-bond acceptors (Lipinski definition) is 5. The molecule has 5 rings (SSSR count). The molecule has 0 unspecified atom stereocenters. The molecule has 34 heavy (non-hydrogen) atoms. The van der Waals surface area contributed by atoms with Crippen molar-refractivity contribution in [2.24, 2.45) is 7.05 Å². The lowest BCUT2D eigenvalue weighted by Crippen LogP contribution is -2.45. The molecule has 4 aromatic rings. The molecule has 3 heterocycles. The van der Waals surface area contributed by atoms with Crippen molar-refractivity contribution in [2.75, 3.05) is 11.4 Å². The molecular formula is C24H25BrN6O2S. The van der Waals surface area contributed by atoms with Gasteiger partial charge in [-0.1, -0.05) is 46.3 Å². The van der Waals surface area contributed by atoms with Crippen LogP contribution >= 0.6 is 15.9 Å². The maximum absolute atomic E-state index is 13.9. The third kappa shape index (κ3) is 4.66. The van der Waals surface area contributed by atoms with Crippen molar-refractivity contribution >= 4 is 31.6 Å². The minimum absolute atomic E-state index is 0.0605. The van der Waals surface area contributed by atoms with Gasteiger partial charge in [0.2, 0.25) is 0 Å². The van der Waals surface area contributed by atoms with Crippen LogP contribution in [0.15, 0.2) is 83.1 Å². The van der Waals surface area contributed by atoms with E-state index in [1.807, 2.05) is 54.7 Å². The summed E-state index contributed by atoms with van der Waals surface area (Å²) >= 11 is 3.56. The first-order chi connectivity index (χ1) is 16.4. The van der Waals surface area contributed by atoms with E-state index in [4.69, 9.17) is 0 Å². The van der Waals surface area contributed by atoms with Gasteiger partial charge in [-0.05, 0) is 35.7 Å². The summed E-state index contributed by atoms with van der Waals surface area (Å²) < 4.78 is 31.9. The van der Waals surface area contributed by atoms with Gasteiger partial charge < -0.3 is 14.5 Å². The molecule has 0 radical (unpaired) electrons. The number of hydrogen-bond donors (Lipinski definition) is 1. The van der Waals surface area contributed by atoms with Crippen molar-refractivity contribution in [2.45, 2.75) is 30.6 Å². The van der Waals surface area contributed by atoms with Gasteiger partial charge >= 0.3 is 0 Å². The molecular weight excluding hydrogens is 516 g/mol. The van der Waals surface area contributed by atoms with Gasteiger partial charge in [0, 0.05) is 48.7 Å². The lowest BCUT2D eigenvalue weighted by atomic mass is 10.1. The Kier molecular flexibility index (Phi) is 6.28. The quantitative estimate of drug-likeness (QED) is 0.402. The van der Waals surface area contributed by atoms with Gasteiger partial charge in [-0.25, -0.2) is 18.4 Å². The summed E-state index contributed by atoms with van der Waals surface area (Å²) in [5.41, 5.74) is 3.91. The Hall–Kier alpha value is -2.95. The molecule has 0 aliphatic carbocycles. The van der Waals surface area contributed by atoms with Crippen LogP contribution in [-0.4, -0.2) is 44.8 Å². The molecule has 176 valence electrons. The van der Waals surface area contributed by atoms with Crippen molar-refractivity contribution in [1.29, 1.82) is 0 Å². The van der Waals surface area contributed by atoms with E-state index in [1.54, 1.807) is 28.4 Å². The summed E-state index contributed by atoms with van der Waals surface area (Å²) in [5, 5.41) is 0.0605. The fourth-order valence-corrected chi connectivity index (χ4v) is 6.40. The average Bonchev–Trinajstić information content (AvgIpc) is 3.46. The summed E-state index contributed by atoms with van der Waals surface area (Å²) in [6.07, 6.45) is 7.19. The van der Waals surface area contributed by atoms with Crippen LogP contribution in [-0.2, 0) is 36.6 Å². The summed E-state index contributed by atoms with van der Waals surface area (Å²) in [5.74, 6) is 0. The van der Waals surface area contributed by atoms with Crippen LogP contribution in [0.1, 0.15) is 16.8 Å². The summed E-state index contributed by atoms with van der Waals surface area (Å²) in [4.78, 5) is 13.8. The van der Waals surface area contributed by atoms with Crippen molar-refractivity contribution in [3.63, 3.8) is 0 Å². The molecule has 1 atom stereocenters. The number of imidazole rings is 2. The number of fused-ring (bicyclic) bond motifs is 1. The second kappa shape index (κ2) is 9.36. The molecule has 2 aromatic heterocycles. The molecule has 0 amide bonds. The van der Waals surface area contributed by atoms with Gasteiger partial charge in [0.1, 0.15) is 0 Å². The number of aryl methyl sites for hydroxylation is 1. The van der Waals surface area contributed by atoms with Crippen molar-refractivity contribution in [3.8, 4) is 0 Å². The largest absolute Gasteiger partial charge is 0.364 e. The van der Waals surface area contributed by atoms with Crippen LogP contribution in [0.4, 0.5) is 5.69 Å². The van der Waals surface area contributed by atoms with E-state index < -0.39 is 10.0 Å². The fraction of sp³-hybridized carbons (Fsp3) is 0.250. The lowest BCUT2D eigenvalue weighted by molar-refractivity contribution is 0.317. The van der Waals surface area contributed by atoms with Gasteiger partial charge in [0.15, 0.2) is 5.03 Å². The number of nitrogens with one attached hydrogen (secondary N) is 1. The zero-order chi connectivity index (χ0) is 23.7. The normalized spacial score (nSPS) is 16.9. The maximum atomic E-state index is 13.9. The summed E-state index contributed by atoms with van der Waals surface area (Å²) in [7, 11) is -2.07. The number of halogens is 1. The Morgan fingerprint density at radius 1 is 1.15 bits per heavy atom. The lowest BCUT2D eigenvalue weighted by Gasteiger charge is -2.31. The number of sulfonamides is 1. The molecule has 8 nitrogen and oxygen atoms in total. The zero-order valence-electron chi connectivity index (χ0n) is 18.7. The van der Waals surface area contributed by atoms with E-state index in [2.05, 4.69) is 35.8 Å². The Balaban J connectivity index is 1.61. The van der Waals surface area contributed by atoms with E-state index in [0.29, 0.717) is 19.5 Å². The number of aromatic amines is 1. The Labute approximate surface area is 207 Å². The summed E-state index contributed by atoms with van der Waals surface area (Å²) in [6.45, 7) is 1.34. The third-order valence-corrected chi connectivity index (χ3v) is 8.30. The van der Waals surface area contributed by atoms with Crippen molar-refractivity contribution in [3.05, 3.63) is 94.9 Å². The van der Waals surface area contributed by atoms with Crippen LogP contribution in [0, 0.1) is 0 Å². The molecule has 2 aromatic carbocycles. The highest BCUT2D eigenvalue weighted by Crippen LogP contribution is 2.34. The number of anilines is 1. The first-order valence-electron chi connectivity index (χ1n) is 10.9. The molecule has 1 aliphatic heterocycles. The van der Waals surface area contributed by atoms with E-state index in [0.717, 1.165) is 27.0 Å². The fourth-order valence-electron chi connectivity index (χ4n) is 4.43. The molecule has 1 aliphatic rings. The van der Waals surface area contributed by atoms with Gasteiger partial charge in [-0.15, -0.1) is 0 Å².